The Kier molecular flexibility index (Phi) is 5.41. The fraction of sp³-hybridized carbons (Fsp3) is 0.625. The van der Waals surface area contributed by atoms with Gasteiger partial charge in [0.05, 0.1) is 4.90 Å². The van der Waals surface area contributed by atoms with Gasteiger partial charge in [-0.2, -0.15) is 0 Å². The van der Waals surface area contributed by atoms with Crippen LogP contribution in [0, 0.1) is 12.8 Å². The minimum atomic E-state index is -3.42. The number of aryl methyl sites for hydroxylation is 1. The SMILES string of the molecule is CCNCc1ccc(C)c(S(=O)(=O)NC2CCC(C)C2)c1. The Labute approximate surface area is 128 Å². The highest BCUT2D eigenvalue weighted by atomic mass is 32.2. The van der Waals surface area contributed by atoms with Gasteiger partial charge in [0.2, 0.25) is 10.0 Å². The Bertz CT molecular complexity index is 584. The maximum Gasteiger partial charge on any atom is 0.241 e. The molecule has 2 N–H and O–H groups in total. The van der Waals surface area contributed by atoms with Crippen LogP contribution in [-0.4, -0.2) is 21.0 Å². The van der Waals surface area contributed by atoms with Gasteiger partial charge in [-0.1, -0.05) is 26.0 Å². The molecule has 0 heterocycles. The predicted molar refractivity (Wildman–Crippen MR) is 85.7 cm³/mol. The van der Waals surface area contributed by atoms with Crippen LogP contribution in [0.15, 0.2) is 23.1 Å². The summed E-state index contributed by atoms with van der Waals surface area (Å²) in [5.41, 5.74) is 1.80. The maximum absolute atomic E-state index is 12.6. The number of benzene rings is 1. The molecule has 0 spiro atoms. The molecule has 118 valence electrons. The maximum atomic E-state index is 12.6. The summed E-state index contributed by atoms with van der Waals surface area (Å²) in [6.45, 7) is 7.63. The van der Waals surface area contributed by atoms with Crippen LogP contribution in [0.1, 0.15) is 44.2 Å². The summed E-state index contributed by atoms with van der Waals surface area (Å²) in [6.07, 6.45) is 2.98. The lowest BCUT2D eigenvalue weighted by atomic mass is 10.1. The summed E-state index contributed by atoms with van der Waals surface area (Å²) in [7, 11) is -3.42. The van der Waals surface area contributed by atoms with Crippen molar-refractivity contribution in [1.82, 2.24) is 10.0 Å². The van der Waals surface area contributed by atoms with Crippen molar-refractivity contribution < 1.29 is 8.42 Å². The number of hydrogen-bond acceptors (Lipinski definition) is 3. The molecule has 1 aliphatic carbocycles. The summed E-state index contributed by atoms with van der Waals surface area (Å²) < 4.78 is 28.1. The van der Waals surface area contributed by atoms with Crippen LogP contribution >= 0.6 is 0 Å². The first-order valence-corrected chi connectivity index (χ1v) is 9.23. The van der Waals surface area contributed by atoms with Crippen LogP contribution in [0.4, 0.5) is 0 Å². The Hall–Kier alpha value is -0.910. The normalized spacial score (nSPS) is 22.6. The lowest BCUT2D eigenvalue weighted by molar-refractivity contribution is 0.538. The Morgan fingerprint density at radius 1 is 1.29 bits per heavy atom. The van der Waals surface area contributed by atoms with Crippen LogP contribution in [0.25, 0.3) is 0 Å². The summed E-state index contributed by atoms with van der Waals surface area (Å²) in [4.78, 5) is 0.414. The first-order valence-electron chi connectivity index (χ1n) is 7.75. The third kappa shape index (κ3) is 4.28. The van der Waals surface area contributed by atoms with Gasteiger partial charge in [-0.3, -0.25) is 0 Å². The molecule has 1 aromatic rings. The van der Waals surface area contributed by atoms with E-state index in [9.17, 15) is 8.42 Å². The van der Waals surface area contributed by atoms with Gasteiger partial charge in [0, 0.05) is 12.6 Å². The van der Waals surface area contributed by atoms with Gasteiger partial charge in [-0.15, -0.1) is 0 Å². The van der Waals surface area contributed by atoms with Gasteiger partial charge in [0.1, 0.15) is 0 Å². The highest BCUT2D eigenvalue weighted by Gasteiger charge is 2.27. The topological polar surface area (TPSA) is 58.2 Å². The molecule has 2 unspecified atom stereocenters. The van der Waals surface area contributed by atoms with Gasteiger partial charge < -0.3 is 5.32 Å². The third-order valence-corrected chi connectivity index (χ3v) is 5.80. The summed E-state index contributed by atoms with van der Waals surface area (Å²) >= 11 is 0. The summed E-state index contributed by atoms with van der Waals surface area (Å²) in [6, 6.07) is 5.74. The van der Waals surface area contributed by atoms with Gasteiger partial charge in [0.25, 0.3) is 0 Å². The van der Waals surface area contributed by atoms with Crippen molar-refractivity contribution in [3.63, 3.8) is 0 Å². The van der Waals surface area contributed by atoms with Crippen LogP contribution < -0.4 is 10.0 Å². The Balaban J connectivity index is 2.18. The monoisotopic (exact) mass is 310 g/mol. The van der Waals surface area contributed by atoms with E-state index in [0.29, 0.717) is 17.4 Å². The fourth-order valence-corrected chi connectivity index (χ4v) is 4.49. The van der Waals surface area contributed by atoms with Gasteiger partial charge in [-0.25, -0.2) is 13.1 Å². The van der Waals surface area contributed by atoms with E-state index in [2.05, 4.69) is 17.0 Å². The van der Waals surface area contributed by atoms with E-state index in [1.165, 1.54) is 0 Å². The molecule has 4 nitrogen and oxygen atoms in total. The van der Waals surface area contributed by atoms with Crippen LogP contribution in [0.2, 0.25) is 0 Å². The molecule has 0 bridgehead atoms. The van der Waals surface area contributed by atoms with Crippen molar-refractivity contribution in [3.8, 4) is 0 Å². The lowest BCUT2D eigenvalue weighted by Gasteiger charge is -2.15. The number of rotatable bonds is 6. The quantitative estimate of drug-likeness (QED) is 0.849. The molecule has 0 aromatic heterocycles. The zero-order valence-electron chi connectivity index (χ0n) is 13.1. The van der Waals surface area contributed by atoms with Crippen LogP contribution in [-0.2, 0) is 16.6 Å². The van der Waals surface area contributed by atoms with Gasteiger partial charge in [0.15, 0.2) is 0 Å². The molecule has 5 heteroatoms. The third-order valence-electron chi connectivity index (χ3n) is 4.14. The zero-order valence-corrected chi connectivity index (χ0v) is 14.0. The minimum absolute atomic E-state index is 0.0850. The molecule has 0 amide bonds. The lowest BCUT2D eigenvalue weighted by Crippen LogP contribution is -2.33. The molecular weight excluding hydrogens is 284 g/mol. The second kappa shape index (κ2) is 6.90. The van der Waals surface area contributed by atoms with Crippen molar-refractivity contribution in [2.24, 2.45) is 5.92 Å². The highest BCUT2D eigenvalue weighted by molar-refractivity contribution is 7.89. The average Bonchev–Trinajstić information content (AvgIpc) is 2.82. The average molecular weight is 310 g/mol. The summed E-state index contributed by atoms with van der Waals surface area (Å²) in [5.74, 6) is 0.610. The largest absolute Gasteiger partial charge is 0.313 e. The first kappa shape index (κ1) is 16.5. The van der Waals surface area contributed by atoms with Crippen molar-refractivity contribution in [2.45, 2.75) is 57.5 Å². The smallest absolute Gasteiger partial charge is 0.241 e. The van der Waals surface area contributed by atoms with Crippen molar-refractivity contribution >= 4 is 10.0 Å². The van der Waals surface area contributed by atoms with Gasteiger partial charge >= 0.3 is 0 Å². The second-order valence-corrected chi connectivity index (χ2v) is 7.80. The van der Waals surface area contributed by atoms with E-state index >= 15 is 0 Å². The number of hydrogen-bond donors (Lipinski definition) is 2. The van der Waals surface area contributed by atoms with E-state index in [1.807, 2.05) is 26.0 Å². The van der Waals surface area contributed by atoms with Crippen LogP contribution in [0.5, 0.6) is 0 Å². The summed E-state index contributed by atoms with van der Waals surface area (Å²) in [5, 5.41) is 3.23. The minimum Gasteiger partial charge on any atom is -0.313 e. The standard InChI is InChI=1S/C16H26N2O2S/c1-4-17-11-14-7-6-13(3)16(10-14)21(19,20)18-15-8-5-12(2)9-15/h6-7,10,12,15,17-18H,4-5,8-9,11H2,1-3H3. The molecule has 1 fully saturated rings. The van der Waals surface area contributed by atoms with E-state index in [-0.39, 0.29) is 6.04 Å². The fourth-order valence-electron chi connectivity index (χ4n) is 2.91. The molecule has 21 heavy (non-hydrogen) atoms. The molecule has 2 atom stereocenters. The number of sulfonamides is 1. The molecule has 2 rings (SSSR count). The predicted octanol–water partition coefficient (Wildman–Crippen LogP) is 2.57. The molecule has 1 aromatic carbocycles. The zero-order chi connectivity index (χ0) is 15.5. The molecular formula is C16H26N2O2S. The van der Waals surface area contributed by atoms with Crippen molar-refractivity contribution in [1.29, 1.82) is 0 Å². The second-order valence-electron chi connectivity index (χ2n) is 6.12. The Morgan fingerprint density at radius 3 is 2.67 bits per heavy atom. The Morgan fingerprint density at radius 2 is 2.05 bits per heavy atom. The number of nitrogens with one attached hydrogen (secondary N) is 2. The van der Waals surface area contributed by atoms with Gasteiger partial charge in [-0.05, 0) is 55.8 Å². The molecule has 1 aliphatic rings. The van der Waals surface area contributed by atoms with E-state index in [0.717, 1.165) is 36.9 Å². The van der Waals surface area contributed by atoms with E-state index in [4.69, 9.17) is 0 Å². The van der Waals surface area contributed by atoms with Crippen molar-refractivity contribution in [2.75, 3.05) is 6.54 Å². The van der Waals surface area contributed by atoms with Crippen LogP contribution in [0.3, 0.4) is 0 Å². The van der Waals surface area contributed by atoms with E-state index < -0.39 is 10.0 Å². The molecule has 0 saturated heterocycles. The first-order chi connectivity index (χ1) is 9.92. The molecule has 0 radical (unpaired) electrons. The molecule has 0 aliphatic heterocycles. The van der Waals surface area contributed by atoms with Crippen molar-refractivity contribution in [3.05, 3.63) is 29.3 Å². The highest BCUT2D eigenvalue weighted by Crippen LogP contribution is 2.26. The molecule has 1 saturated carbocycles. The van der Waals surface area contributed by atoms with E-state index in [1.54, 1.807) is 6.07 Å².